The number of halogens is 2. The fourth-order valence-corrected chi connectivity index (χ4v) is 3.76. The average Bonchev–Trinajstić information content (AvgIpc) is 3.19. The Hall–Kier alpha value is -2.59. The van der Waals surface area contributed by atoms with E-state index in [4.69, 9.17) is 32.7 Å². The Morgan fingerprint density at radius 3 is 2.50 bits per heavy atom. The summed E-state index contributed by atoms with van der Waals surface area (Å²) in [7, 11) is 3.11. The molecule has 0 N–H and O–H groups in total. The first-order valence-corrected chi connectivity index (χ1v) is 9.68. The van der Waals surface area contributed by atoms with Crippen molar-refractivity contribution in [3.05, 3.63) is 62.4 Å². The molecule has 1 heterocycles. The lowest BCUT2D eigenvalue weighted by molar-refractivity contribution is 0.0979. The molecule has 0 saturated carbocycles. The Labute approximate surface area is 176 Å². The third-order valence-corrected chi connectivity index (χ3v) is 5.69. The molecule has 142 valence electrons. The highest BCUT2D eigenvalue weighted by Gasteiger charge is 2.26. The molecule has 28 heavy (non-hydrogen) atoms. The fourth-order valence-electron chi connectivity index (χ4n) is 2.59. The number of hydrogen-bond donors (Lipinski definition) is 0. The fraction of sp³-hybridized carbons (Fsp3) is 0.150. The standard InChI is InChI=1S/C20H14Cl2N2O3S/c1-26-17-6-4-11(8-18(17)27-2)16-10-28-20(24-16)13(9-23)19(25)12-3-5-14(21)15(22)7-12/h3-8,10,13H,1-2H3. The Morgan fingerprint density at radius 2 is 1.86 bits per heavy atom. The summed E-state index contributed by atoms with van der Waals surface area (Å²) in [6, 6.07) is 12.0. The molecule has 3 rings (SSSR count). The van der Waals surface area contributed by atoms with Crippen molar-refractivity contribution in [3.63, 3.8) is 0 Å². The summed E-state index contributed by atoms with van der Waals surface area (Å²) >= 11 is 13.1. The molecule has 0 radical (unpaired) electrons. The van der Waals surface area contributed by atoms with Crippen LogP contribution in [0, 0.1) is 11.3 Å². The van der Waals surface area contributed by atoms with Crippen molar-refractivity contribution in [2.75, 3.05) is 14.2 Å². The number of rotatable bonds is 6. The smallest absolute Gasteiger partial charge is 0.186 e. The number of thiazole rings is 1. The van der Waals surface area contributed by atoms with Gasteiger partial charge in [0.1, 0.15) is 5.01 Å². The van der Waals surface area contributed by atoms with Crippen LogP contribution in [0.2, 0.25) is 10.0 Å². The molecule has 1 atom stereocenters. The van der Waals surface area contributed by atoms with Gasteiger partial charge in [0, 0.05) is 16.5 Å². The van der Waals surface area contributed by atoms with Crippen LogP contribution in [0.5, 0.6) is 11.5 Å². The maximum atomic E-state index is 12.8. The molecular formula is C20H14Cl2N2O3S. The molecule has 8 heteroatoms. The molecule has 0 aliphatic carbocycles. The van der Waals surface area contributed by atoms with Crippen molar-refractivity contribution >= 4 is 40.3 Å². The van der Waals surface area contributed by atoms with Gasteiger partial charge in [-0.05, 0) is 36.4 Å². The van der Waals surface area contributed by atoms with Gasteiger partial charge < -0.3 is 9.47 Å². The SMILES string of the molecule is COc1ccc(-c2csc(C(C#N)C(=O)c3ccc(Cl)c(Cl)c3)n2)cc1OC. The lowest BCUT2D eigenvalue weighted by Gasteiger charge is -2.08. The normalized spacial score (nSPS) is 11.5. The summed E-state index contributed by atoms with van der Waals surface area (Å²) in [6.45, 7) is 0. The molecule has 0 bridgehead atoms. The maximum Gasteiger partial charge on any atom is 0.186 e. The highest BCUT2D eigenvalue weighted by atomic mass is 35.5. The minimum atomic E-state index is -1.03. The van der Waals surface area contributed by atoms with E-state index in [-0.39, 0.29) is 10.8 Å². The molecule has 0 fully saturated rings. The predicted octanol–water partition coefficient (Wildman–Crippen LogP) is 5.62. The van der Waals surface area contributed by atoms with Gasteiger partial charge in [0.25, 0.3) is 0 Å². The van der Waals surface area contributed by atoms with Crippen LogP contribution < -0.4 is 9.47 Å². The second-order valence-electron chi connectivity index (χ2n) is 5.70. The Morgan fingerprint density at radius 1 is 1.11 bits per heavy atom. The van der Waals surface area contributed by atoms with Gasteiger partial charge in [0.15, 0.2) is 23.2 Å². The molecule has 0 aliphatic rings. The van der Waals surface area contributed by atoms with E-state index in [9.17, 15) is 10.1 Å². The molecule has 0 saturated heterocycles. The summed E-state index contributed by atoms with van der Waals surface area (Å²) in [6.07, 6.45) is 0. The van der Waals surface area contributed by atoms with E-state index in [0.29, 0.717) is 32.8 Å². The van der Waals surface area contributed by atoms with E-state index in [0.717, 1.165) is 5.56 Å². The Balaban J connectivity index is 1.92. The summed E-state index contributed by atoms with van der Waals surface area (Å²) < 4.78 is 10.5. The summed E-state index contributed by atoms with van der Waals surface area (Å²) in [4.78, 5) is 17.3. The minimum absolute atomic E-state index is 0.259. The van der Waals surface area contributed by atoms with Gasteiger partial charge in [-0.1, -0.05) is 23.2 Å². The Kier molecular flexibility index (Phi) is 6.20. The molecule has 1 unspecified atom stereocenters. The van der Waals surface area contributed by atoms with Gasteiger partial charge in [-0.2, -0.15) is 5.26 Å². The second-order valence-corrected chi connectivity index (χ2v) is 7.40. The van der Waals surface area contributed by atoms with E-state index in [1.54, 1.807) is 37.8 Å². The summed E-state index contributed by atoms with van der Waals surface area (Å²) in [5.41, 5.74) is 1.74. The number of benzene rings is 2. The van der Waals surface area contributed by atoms with Crippen molar-refractivity contribution in [3.8, 4) is 28.8 Å². The zero-order chi connectivity index (χ0) is 20.3. The molecule has 3 aromatic rings. The van der Waals surface area contributed by atoms with Crippen molar-refractivity contribution in [1.82, 2.24) is 4.98 Å². The second kappa shape index (κ2) is 8.61. The van der Waals surface area contributed by atoms with Gasteiger partial charge in [-0.3, -0.25) is 4.79 Å². The van der Waals surface area contributed by atoms with Crippen molar-refractivity contribution in [2.24, 2.45) is 0 Å². The van der Waals surface area contributed by atoms with Crippen LogP contribution in [0.15, 0.2) is 41.8 Å². The van der Waals surface area contributed by atoms with Crippen LogP contribution in [0.1, 0.15) is 21.3 Å². The number of nitriles is 1. The first kappa shape index (κ1) is 20.2. The Bertz CT molecular complexity index is 1080. The molecule has 2 aromatic carbocycles. The number of hydrogen-bond acceptors (Lipinski definition) is 6. The van der Waals surface area contributed by atoms with Crippen molar-refractivity contribution in [1.29, 1.82) is 5.26 Å². The third kappa shape index (κ3) is 3.97. The number of carbonyl (C=O) groups is 1. The van der Waals surface area contributed by atoms with E-state index >= 15 is 0 Å². The predicted molar refractivity (Wildman–Crippen MR) is 110 cm³/mol. The van der Waals surface area contributed by atoms with Crippen LogP contribution in [-0.2, 0) is 0 Å². The van der Waals surface area contributed by atoms with Crippen molar-refractivity contribution in [2.45, 2.75) is 5.92 Å². The van der Waals surface area contributed by atoms with Crippen LogP contribution in [0.4, 0.5) is 0 Å². The largest absolute Gasteiger partial charge is 0.493 e. The first-order chi connectivity index (χ1) is 13.5. The number of ether oxygens (including phenoxy) is 2. The van der Waals surface area contributed by atoms with Crippen LogP contribution in [0.3, 0.4) is 0 Å². The lowest BCUT2D eigenvalue weighted by Crippen LogP contribution is -2.11. The molecule has 0 amide bonds. The molecule has 0 spiro atoms. The number of carbonyl (C=O) groups excluding carboxylic acids is 1. The first-order valence-electron chi connectivity index (χ1n) is 8.05. The minimum Gasteiger partial charge on any atom is -0.493 e. The number of ketones is 1. The van der Waals surface area contributed by atoms with E-state index in [2.05, 4.69) is 4.98 Å². The highest BCUT2D eigenvalue weighted by molar-refractivity contribution is 7.10. The monoisotopic (exact) mass is 432 g/mol. The number of aromatic nitrogens is 1. The number of Topliss-reactive ketones (excluding diaryl/α,β-unsaturated/α-hetero) is 1. The van der Waals surface area contributed by atoms with E-state index in [1.807, 2.05) is 12.1 Å². The van der Waals surface area contributed by atoms with Gasteiger partial charge >= 0.3 is 0 Å². The van der Waals surface area contributed by atoms with E-state index in [1.165, 1.54) is 23.5 Å². The number of nitrogens with zero attached hydrogens (tertiary/aromatic N) is 2. The number of methoxy groups -OCH3 is 2. The quantitative estimate of drug-likeness (QED) is 0.472. The summed E-state index contributed by atoms with van der Waals surface area (Å²) in [5.74, 6) is -0.241. The van der Waals surface area contributed by atoms with Crippen LogP contribution >= 0.6 is 34.5 Å². The average molecular weight is 433 g/mol. The third-order valence-electron chi connectivity index (χ3n) is 4.04. The summed E-state index contributed by atoms with van der Waals surface area (Å²) in [5, 5.41) is 12.4. The maximum absolute atomic E-state index is 12.8. The zero-order valence-corrected chi connectivity index (χ0v) is 17.2. The van der Waals surface area contributed by atoms with Gasteiger partial charge in [0.2, 0.25) is 0 Å². The highest BCUT2D eigenvalue weighted by Crippen LogP contribution is 2.34. The topological polar surface area (TPSA) is 72.2 Å². The molecular weight excluding hydrogens is 419 g/mol. The van der Waals surface area contributed by atoms with Gasteiger partial charge in [0.05, 0.1) is 36.0 Å². The van der Waals surface area contributed by atoms with Crippen molar-refractivity contribution < 1.29 is 14.3 Å². The lowest BCUT2D eigenvalue weighted by atomic mass is 9.99. The molecule has 1 aromatic heterocycles. The molecule has 0 aliphatic heterocycles. The van der Waals surface area contributed by atoms with Crippen LogP contribution in [-0.4, -0.2) is 25.0 Å². The van der Waals surface area contributed by atoms with Gasteiger partial charge in [-0.25, -0.2) is 4.98 Å². The van der Waals surface area contributed by atoms with Gasteiger partial charge in [-0.15, -0.1) is 11.3 Å². The zero-order valence-electron chi connectivity index (χ0n) is 14.9. The van der Waals surface area contributed by atoms with E-state index < -0.39 is 5.92 Å². The molecule has 5 nitrogen and oxygen atoms in total. The van der Waals surface area contributed by atoms with Crippen LogP contribution in [0.25, 0.3) is 11.3 Å².